The molecule has 1 rings (SSSR count). The van der Waals surface area contributed by atoms with Crippen LogP contribution in [0.4, 0.5) is 0 Å². The lowest BCUT2D eigenvalue weighted by Crippen LogP contribution is -2.32. The van der Waals surface area contributed by atoms with E-state index in [1.54, 1.807) is 17.5 Å². The molecule has 0 aliphatic rings. The summed E-state index contributed by atoms with van der Waals surface area (Å²) in [6.45, 7) is 3.33. The first-order valence-electron chi connectivity index (χ1n) is 4.86. The van der Waals surface area contributed by atoms with Crippen LogP contribution in [-0.2, 0) is 10.0 Å². The SMILES string of the molecule is CCN(CCCN)S(=O)(=O)c1cccs1. The first-order chi connectivity index (χ1) is 7.12. The molecule has 1 aromatic heterocycles. The summed E-state index contributed by atoms with van der Waals surface area (Å²) >= 11 is 1.25. The molecule has 2 N–H and O–H groups in total. The highest BCUT2D eigenvalue weighted by Crippen LogP contribution is 2.20. The number of hydrogen-bond acceptors (Lipinski definition) is 4. The highest BCUT2D eigenvalue weighted by molar-refractivity contribution is 7.91. The van der Waals surface area contributed by atoms with Crippen LogP contribution < -0.4 is 5.73 Å². The van der Waals surface area contributed by atoms with Crippen LogP contribution >= 0.6 is 11.3 Å². The Morgan fingerprint density at radius 1 is 1.53 bits per heavy atom. The van der Waals surface area contributed by atoms with Crippen LogP contribution in [0.2, 0.25) is 0 Å². The van der Waals surface area contributed by atoms with Crippen molar-refractivity contribution in [3.05, 3.63) is 17.5 Å². The van der Waals surface area contributed by atoms with Gasteiger partial charge in [-0.25, -0.2) is 8.42 Å². The van der Waals surface area contributed by atoms with Crippen LogP contribution in [0.3, 0.4) is 0 Å². The van der Waals surface area contributed by atoms with Crippen LogP contribution in [0.5, 0.6) is 0 Å². The second kappa shape index (κ2) is 5.60. The summed E-state index contributed by atoms with van der Waals surface area (Å²) in [7, 11) is -3.28. The molecule has 0 saturated heterocycles. The monoisotopic (exact) mass is 248 g/mol. The van der Waals surface area contributed by atoms with Gasteiger partial charge in [-0.1, -0.05) is 13.0 Å². The van der Waals surface area contributed by atoms with Crippen molar-refractivity contribution < 1.29 is 8.42 Å². The highest BCUT2D eigenvalue weighted by Gasteiger charge is 2.22. The molecule has 4 nitrogen and oxygen atoms in total. The van der Waals surface area contributed by atoms with Crippen LogP contribution in [0.15, 0.2) is 21.7 Å². The summed E-state index contributed by atoms with van der Waals surface area (Å²) < 4.78 is 25.9. The fourth-order valence-corrected chi connectivity index (χ4v) is 3.89. The smallest absolute Gasteiger partial charge is 0.252 e. The molecule has 0 aliphatic heterocycles. The van der Waals surface area contributed by atoms with Crippen molar-refractivity contribution in [2.45, 2.75) is 17.6 Å². The molecule has 1 heterocycles. The summed E-state index contributed by atoms with van der Waals surface area (Å²) in [6.07, 6.45) is 0.693. The second-order valence-corrected chi connectivity index (χ2v) is 6.18. The summed E-state index contributed by atoms with van der Waals surface area (Å²) in [5, 5.41) is 1.77. The van der Waals surface area contributed by atoms with Crippen molar-refractivity contribution in [2.24, 2.45) is 5.73 Å². The Labute approximate surface area is 94.8 Å². The van der Waals surface area contributed by atoms with Gasteiger partial charge in [0.1, 0.15) is 4.21 Å². The summed E-state index contributed by atoms with van der Waals surface area (Å²) in [4.78, 5) is 0. The second-order valence-electron chi connectivity index (χ2n) is 3.07. The Bertz CT molecular complexity index is 373. The summed E-state index contributed by atoms with van der Waals surface area (Å²) in [5.74, 6) is 0. The molecule has 6 heteroatoms. The zero-order valence-electron chi connectivity index (χ0n) is 8.72. The van der Waals surface area contributed by atoms with Crippen molar-refractivity contribution in [3.8, 4) is 0 Å². The molecular weight excluding hydrogens is 232 g/mol. The molecule has 0 unspecified atom stereocenters. The maximum absolute atomic E-state index is 12.0. The average molecular weight is 248 g/mol. The number of sulfonamides is 1. The van der Waals surface area contributed by atoms with Crippen molar-refractivity contribution in [2.75, 3.05) is 19.6 Å². The molecule has 1 aromatic rings. The lowest BCUT2D eigenvalue weighted by atomic mass is 10.4. The molecule has 0 radical (unpaired) electrons. The first kappa shape index (κ1) is 12.6. The fourth-order valence-electron chi connectivity index (χ4n) is 1.25. The van der Waals surface area contributed by atoms with E-state index in [0.29, 0.717) is 30.3 Å². The van der Waals surface area contributed by atoms with Gasteiger partial charge in [0.2, 0.25) is 0 Å². The molecule has 0 amide bonds. The molecule has 0 saturated carbocycles. The van der Waals surface area contributed by atoms with Gasteiger partial charge in [-0.05, 0) is 24.4 Å². The third-order valence-corrected chi connectivity index (χ3v) is 5.40. The molecule has 0 bridgehead atoms. The van der Waals surface area contributed by atoms with Gasteiger partial charge < -0.3 is 5.73 Å². The summed E-state index contributed by atoms with van der Waals surface area (Å²) in [6, 6.07) is 3.37. The zero-order valence-corrected chi connectivity index (χ0v) is 10.4. The Morgan fingerprint density at radius 3 is 2.73 bits per heavy atom. The molecule has 0 aromatic carbocycles. The fraction of sp³-hybridized carbons (Fsp3) is 0.556. The minimum Gasteiger partial charge on any atom is -0.330 e. The Morgan fingerprint density at radius 2 is 2.27 bits per heavy atom. The van der Waals surface area contributed by atoms with E-state index < -0.39 is 10.0 Å². The number of nitrogens with zero attached hydrogens (tertiary/aromatic N) is 1. The third-order valence-electron chi connectivity index (χ3n) is 2.05. The van der Waals surface area contributed by atoms with Crippen LogP contribution in [0.25, 0.3) is 0 Å². The third kappa shape index (κ3) is 3.01. The number of nitrogens with two attached hydrogens (primary N) is 1. The number of thiophene rings is 1. The maximum Gasteiger partial charge on any atom is 0.252 e. The molecule has 15 heavy (non-hydrogen) atoms. The van der Waals surface area contributed by atoms with Gasteiger partial charge in [-0.15, -0.1) is 11.3 Å². The van der Waals surface area contributed by atoms with Crippen molar-refractivity contribution >= 4 is 21.4 Å². The van der Waals surface area contributed by atoms with Crippen molar-refractivity contribution in [1.29, 1.82) is 0 Å². The van der Waals surface area contributed by atoms with Gasteiger partial charge >= 0.3 is 0 Å². The molecular formula is C9H16N2O2S2. The predicted molar refractivity (Wildman–Crippen MR) is 62.4 cm³/mol. The average Bonchev–Trinajstić information content (AvgIpc) is 2.72. The van der Waals surface area contributed by atoms with Crippen molar-refractivity contribution in [3.63, 3.8) is 0 Å². The maximum atomic E-state index is 12.0. The molecule has 0 aliphatic carbocycles. The molecule has 0 spiro atoms. The quantitative estimate of drug-likeness (QED) is 0.820. The van der Waals surface area contributed by atoms with Gasteiger partial charge in [-0.3, -0.25) is 0 Å². The molecule has 0 atom stereocenters. The van der Waals surface area contributed by atoms with E-state index in [0.717, 1.165) is 0 Å². The van der Waals surface area contributed by atoms with Crippen LogP contribution in [0, 0.1) is 0 Å². The Kier molecular flexibility index (Phi) is 4.72. The van der Waals surface area contributed by atoms with Gasteiger partial charge in [0.15, 0.2) is 0 Å². The minimum atomic E-state index is -3.28. The van der Waals surface area contributed by atoms with Gasteiger partial charge in [0, 0.05) is 13.1 Å². The van der Waals surface area contributed by atoms with Gasteiger partial charge in [-0.2, -0.15) is 4.31 Å². The largest absolute Gasteiger partial charge is 0.330 e. The molecule has 0 fully saturated rings. The van der Waals surface area contributed by atoms with Gasteiger partial charge in [0.05, 0.1) is 0 Å². The summed E-state index contributed by atoms with van der Waals surface area (Å²) in [5.41, 5.74) is 5.37. The van der Waals surface area contributed by atoms with Crippen LogP contribution in [-0.4, -0.2) is 32.4 Å². The van der Waals surface area contributed by atoms with E-state index in [4.69, 9.17) is 5.73 Å². The number of rotatable bonds is 6. The highest BCUT2D eigenvalue weighted by atomic mass is 32.2. The van der Waals surface area contributed by atoms with E-state index >= 15 is 0 Å². The predicted octanol–water partition coefficient (Wildman–Crippen LogP) is 1.11. The topological polar surface area (TPSA) is 63.4 Å². The van der Waals surface area contributed by atoms with E-state index in [-0.39, 0.29) is 0 Å². The number of hydrogen-bond donors (Lipinski definition) is 1. The lowest BCUT2D eigenvalue weighted by molar-refractivity contribution is 0.424. The van der Waals surface area contributed by atoms with E-state index in [2.05, 4.69) is 0 Å². The Balaban J connectivity index is 2.83. The lowest BCUT2D eigenvalue weighted by Gasteiger charge is -2.18. The zero-order chi connectivity index (χ0) is 11.3. The van der Waals surface area contributed by atoms with Crippen LogP contribution in [0.1, 0.15) is 13.3 Å². The Hall–Kier alpha value is -0.430. The van der Waals surface area contributed by atoms with Crippen molar-refractivity contribution in [1.82, 2.24) is 4.31 Å². The van der Waals surface area contributed by atoms with E-state index in [1.807, 2.05) is 6.92 Å². The van der Waals surface area contributed by atoms with E-state index in [9.17, 15) is 8.42 Å². The molecule has 86 valence electrons. The first-order valence-corrected chi connectivity index (χ1v) is 7.18. The van der Waals surface area contributed by atoms with E-state index in [1.165, 1.54) is 15.6 Å². The minimum absolute atomic E-state index is 0.404. The standard InChI is InChI=1S/C9H16N2O2S2/c1-2-11(7-4-6-10)15(12,13)9-5-3-8-14-9/h3,5,8H,2,4,6-7,10H2,1H3. The normalized spacial score (nSPS) is 12.2. The van der Waals surface area contributed by atoms with Gasteiger partial charge in [0.25, 0.3) is 10.0 Å².